The zero-order chi connectivity index (χ0) is 15.0. The minimum Gasteiger partial charge on any atom is -0.315 e. The minimum atomic E-state index is 0.276. The molecular weight excluding hydrogens is 248 g/mol. The van der Waals surface area contributed by atoms with Gasteiger partial charge in [-0.25, -0.2) is 0 Å². The number of nitrogens with one attached hydrogen (secondary N) is 1. The number of rotatable bonds is 0. The second kappa shape index (κ2) is 8.98. The van der Waals surface area contributed by atoms with Gasteiger partial charge in [0.1, 0.15) is 0 Å². The second-order valence-corrected chi connectivity index (χ2v) is 7.22. The van der Waals surface area contributed by atoms with E-state index in [2.05, 4.69) is 54.9 Å². The molecule has 1 aliphatic heterocycles. The Bertz CT molecular complexity index is 249. The molecule has 0 aromatic heterocycles. The van der Waals surface area contributed by atoms with Gasteiger partial charge in [0.2, 0.25) is 0 Å². The fraction of sp³-hybridized carbons (Fsp3) is 1.00. The van der Waals surface area contributed by atoms with Gasteiger partial charge in [-0.05, 0) is 73.9 Å². The van der Waals surface area contributed by atoms with Crippen LogP contribution in [0.25, 0.3) is 0 Å². The Morgan fingerprint density at radius 1 is 0.700 bits per heavy atom. The van der Waals surface area contributed by atoms with E-state index >= 15 is 0 Å². The fourth-order valence-corrected chi connectivity index (χ4v) is 2.70. The lowest BCUT2D eigenvalue weighted by Gasteiger charge is -2.37. The zero-order valence-electron chi connectivity index (χ0n) is 14.4. The van der Waals surface area contributed by atoms with Gasteiger partial charge in [-0.3, -0.25) is 4.90 Å². The fourth-order valence-electron chi connectivity index (χ4n) is 2.70. The molecule has 0 aromatic carbocycles. The Kier molecular flexibility index (Phi) is 8.03. The van der Waals surface area contributed by atoms with Gasteiger partial charge in [-0.2, -0.15) is 0 Å². The van der Waals surface area contributed by atoms with Gasteiger partial charge < -0.3 is 15.1 Å². The Hall–Kier alpha value is -0.160. The van der Waals surface area contributed by atoms with Crippen LogP contribution < -0.4 is 5.32 Å². The predicted octanol–water partition coefficient (Wildman–Crippen LogP) is 1.33. The lowest BCUT2D eigenvalue weighted by molar-refractivity contribution is 0.113. The van der Waals surface area contributed by atoms with E-state index < -0.39 is 0 Å². The van der Waals surface area contributed by atoms with E-state index in [1.165, 1.54) is 45.6 Å². The number of hydrogen-bond acceptors (Lipinski definition) is 4. The molecule has 1 saturated heterocycles. The molecule has 0 bridgehead atoms. The van der Waals surface area contributed by atoms with E-state index in [-0.39, 0.29) is 5.54 Å². The molecule has 20 heavy (non-hydrogen) atoms. The van der Waals surface area contributed by atoms with Crippen molar-refractivity contribution in [2.24, 2.45) is 0 Å². The van der Waals surface area contributed by atoms with Crippen molar-refractivity contribution >= 4 is 0 Å². The van der Waals surface area contributed by atoms with Crippen molar-refractivity contribution in [3.05, 3.63) is 0 Å². The summed E-state index contributed by atoms with van der Waals surface area (Å²) >= 11 is 0. The third-order valence-corrected chi connectivity index (χ3v) is 4.23. The lowest BCUT2D eigenvalue weighted by Crippen LogP contribution is -2.46. The maximum atomic E-state index is 3.54. The summed E-state index contributed by atoms with van der Waals surface area (Å²) < 4.78 is 0. The van der Waals surface area contributed by atoms with Crippen LogP contribution in [-0.4, -0.2) is 86.7 Å². The smallest absolute Gasteiger partial charge is 0.0125 e. The summed E-state index contributed by atoms with van der Waals surface area (Å²) in [5.41, 5.74) is 0.276. The summed E-state index contributed by atoms with van der Waals surface area (Å²) in [4.78, 5) is 7.56. The van der Waals surface area contributed by atoms with Gasteiger partial charge in [0, 0.05) is 31.7 Å². The molecule has 1 N–H and O–H groups in total. The van der Waals surface area contributed by atoms with Crippen molar-refractivity contribution in [3.8, 4) is 0 Å². The average molecular weight is 284 g/mol. The predicted molar refractivity (Wildman–Crippen MR) is 88.4 cm³/mol. The van der Waals surface area contributed by atoms with Crippen LogP contribution >= 0.6 is 0 Å². The van der Waals surface area contributed by atoms with Gasteiger partial charge in [-0.15, -0.1) is 0 Å². The summed E-state index contributed by atoms with van der Waals surface area (Å²) in [5.74, 6) is 0. The van der Waals surface area contributed by atoms with Crippen LogP contribution in [0.4, 0.5) is 0 Å². The Labute approximate surface area is 126 Å². The van der Waals surface area contributed by atoms with Crippen LogP contribution in [-0.2, 0) is 0 Å². The van der Waals surface area contributed by atoms with Gasteiger partial charge in [0.15, 0.2) is 0 Å². The first kappa shape index (κ1) is 17.9. The normalized spacial score (nSPS) is 24.4. The van der Waals surface area contributed by atoms with E-state index in [4.69, 9.17) is 0 Å². The van der Waals surface area contributed by atoms with E-state index in [1.807, 2.05) is 0 Å². The molecule has 120 valence electrons. The quantitative estimate of drug-likeness (QED) is 0.724. The molecule has 0 aliphatic carbocycles. The van der Waals surface area contributed by atoms with Crippen LogP contribution in [0.3, 0.4) is 0 Å². The molecule has 4 nitrogen and oxygen atoms in total. The van der Waals surface area contributed by atoms with Crippen molar-refractivity contribution < 1.29 is 0 Å². The molecule has 4 heteroatoms. The molecule has 0 atom stereocenters. The molecule has 0 unspecified atom stereocenters. The van der Waals surface area contributed by atoms with Gasteiger partial charge >= 0.3 is 0 Å². The van der Waals surface area contributed by atoms with Crippen LogP contribution in [0.5, 0.6) is 0 Å². The highest BCUT2D eigenvalue weighted by atomic mass is 15.2. The highest BCUT2D eigenvalue weighted by Crippen LogP contribution is 2.13. The first-order valence-electron chi connectivity index (χ1n) is 8.22. The number of likely N-dealkylation sites (N-methyl/N-ethyl adjacent to an activating group) is 2. The molecule has 1 aliphatic rings. The summed E-state index contributed by atoms with van der Waals surface area (Å²) in [6.07, 6.45) is 2.51. The first-order valence-corrected chi connectivity index (χ1v) is 8.22. The topological polar surface area (TPSA) is 21.8 Å². The molecule has 1 fully saturated rings. The summed E-state index contributed by atoms with van der Waals surface area (Å²) in [5, 5.41) is 3.54. The third kappa shape index (κ3) is 7.58. The largest absolute Gasteiger partial charge is 0.315 e. The van der Waals surface area contributed by atoms with Gasteiger partial charge in [0.05, 0.1) is 0 Å². The molecule has 1 heterocycles. The van der Waals surface area contributed by atoms with E-state index in [9.17, 15) is 0 Å². The monoisotopic (exact) mass is 284 g/mol. The molecule has 0 amide bonds. The lowest BCUT2D eigenvalue weighted by atomic mass is 10.1. The summed E-state index contributed by atoms with van der Waals surface area (Å²) in [6.45, 7) is 16.4. The van der Waals surface area contributed by atoms with E-state index in [0.717, 1.165) is 19.6 Å². The molecule has 1 rings (SSSR count). The van der Waals surface area contributed by atoms with E-state index in [0.29, 0.717) is 0 Å². The maximum absolute atomic E-state index is 3.54. The molecule has 0 saturated carbocycles. The maximum Gasteiger partial charge on any atom is 0.0125 e. The van der Waals surface area contributed by atoms with Crippen molar-refractivity contribution in [1.29, 1.82) is 0 Å². The third-order valence-electron chi connectivity index (χ3n) is 4.23. The molecule has 0 aromatic rings. The Balaban J connectivity index is 2.51. The van der Waals surface area contributed by atoms with Gasteiger partial charge in [-0.1, -0.05) is 0 Å². The van der Waals surface area contributed by atoms with Crippen molar-refractivity contribution in [3.63, 3.8) is 0 Å². The van der Waals surface area contributed by atoms with Crippen LogP contribution in [0.1, 0.15) is 33.6 Å². The van der Waals surface area contributed by atoms with Crippen molar-refractivity contribution in [2.75, 3.05) is 66.5 Å². The van der Waals surface area contributed by atoms with E-state index in [1.54, 1.807) is 0 Å². The van der Waals surface area contributed by atoms with Crippen LogP contribution in [0.15, 0.2) is 0 Å². The Morgan fingerprint density at radius 2 is 1.35 bits per heavy atom. The number of hydrogen-bond donors (Lipinski definition) is 1. The van der Waals surface area contributed by atoms with Gasteiger partial charge in [0.25, 0.3) is 0 Å². The van der Waals surface area contributed by atoms with Crippen LogP contribution in [0.2, 0.25) is 0 Å². The summed E-state index contributed by atoms with van der Waals surface area (Å²) in [6, 6.07) is 0. The Morgan fingerprint density at radius 3 is 2.05 bits per heavy atom. The highest BCUT2D eigenvalue weighted by Gasteiger charge is 2.21. The molecular formula is C16H36N4. The zero-order valence-corrected chi connectivity index (χ0v) is 14.4. The average Bonchev–Trinajstić information content (AvgIpc) is 2.35. The van der Waals surface area contributed by atoms with Crippen molar-refractivity contribution in [1.82, 2.24) is 20.0 Å². The van der Waals surface area contributed by atoms with Crippen LogP contribution in [0, 0.1) is 0 Å². The van der Waals surface area contributed by atoms with Crippen molar-refractivity contribution in [2.45, 2.75) is 39.2 Å². The second-order valence-electron chi connectivity index (χ2n) is 7.22. The molecule has 0 radical (unpaired) electrons. The summed E-state index contributed by atoms with van der Waals surface area (Å²) in [7, 11) is 4.49. The first-order chi connectivity index (χ1) is 9.39. The number of nitrogens with zero attached hydrogens (tertiary/aromatic N) is 3. The highest BCUT2D eigenvalue weighted by molar-refractivity contribution is 4.77. The SMILES string of the molecule is CN1CCCN(C(C)(C)C)CCN(C)CCCNCC1. The molecule has 0 spiro atoms. The minimum absolute atomic E-state index is 0.276. The standard InChI is InChI=1S/C16H36N4/c1-16(2,3)20-12-7-11-18(4)13-9-17-8-6-10-19(5)14-15-20/h17H,6-15H2,1-5H3.